The number of carboxylic acid groups (broad SMARTS) is 1. The van der Waals surface area contributed by atoms with Crippen LogP contribution in [0.3, 0.4) is 0 Å². The lowest BCUT2D eigenvalue weighted by atomic mass is 9.98. The Labute approximate surface area is 120 Å². The van der Waals surface area contributed by atoms with Crippen LogP contribution in [0.1, 0.15) is 49.7 Å². The van der Waals surface area contributed by atoms with Crippen molar-refractivity contribution in [1.82, 2.24) is 0 Å². The molecule has 0 saturated carbocycles. The molecule has 0 aliphatic heterocycles. The molecule has 0 amide bonds. The first-order valence-electron chi connectivity index (χ1n) is 7.33. The topological polar surface area (TPSA) is 57.5 Å². The molecule has 108 valence electrons. The Morgan fingerprint density at radius 1 is 1.15 bits per heavy atom. The predicted octanol–water partition coefficient (Wildman–Crippen LogP) is 3.41. The van der Waals surface area contributed by atoms with Gasteiger partial charge in [0.25, 0.3) is 0 Å². The molecule has 1 aromatic rings. The highest BCUT2D eigenvalue weighted by Gasteiger charge is 2.11. The van der Waals surface area contributed by atoms with E-state index in [9.17, 15) is 9.90 Å². The Hall–Kier alpha value is -1.61. The van der Waals surface area contributed by atoms with E-state index in [1.54, 1.807) is 0 Å². The fourth-order valence-electron chi connectivity index (χ4n) is 2.68. The Morgan fingerprint density at radius 2 is 1.90 bits per heavy atom. The minimum Gasteiger partial charge on any atom is -0.481 e. The molecule has 3 heteroatoms. The number of rotatable bonds is 5. The molecule has 0 unspecified atom stereocenters. The van der Waals surface area contributed by atoms with Crippen LogP contribution in [0.25, 0.3) is 5.57 Å². The SMILES string of the molecule is O=C(O)C[C@@H](O)Cc1ccc(C2=CCCCCC2)cc1. The van der Waals surface area contributed by atoms with E-state index in [1.807, 2.05) is 12.1 Å². The van der Waals surface area contributed by atoms with Crippen molar-refractivity contribution in [3.8, 4) is 0 Å². The van der Waals surface area contributed by atoms with Crippen LogP contribution in [0.5, 0.6) is 0 Å². The van der Waals surface area contributed by atoms with Gasteiger partial charge in [-0.2, -0.15) is 0 Å². The van der Waals surface area contributed by atoms with Gasteiger partial charge < -0.3 is 10.2 Å². The standard InChI is InChI=1S/C17H22O3/c18-16(12-17(19)20)11-13-7-9-15(10-8-13)14-5-3-1-2-4-6-14/h5,7-10,16,18H,1-4,6,11-12H2,(H,19,20)/t16-/m0/s1. The van der Waals surface area contributed by atoms with Gasteiger partial charge in [0.1, 0.15) is 0 Å². The maximum atomic E-state index is 10.5. The highest BCUT2D eigenvalue weighted by molar-refractivity contribution is 5.67. The zero-order valence-corrected chi connectivity index (χ0v) is 11.7. The summed E-state index contributed by atoms with van der Waals surface area (Å²) in [6.07, 6.45) is 7.86. The third-order valence-electron chi connectivity index (χ3n) is 3.75. The minimum absolute atomic E-state index is 0.201. The van der Waals surface area contributed by atoms with Crippen molar-refractivity contribution in [3.63, 3.8) is 0 Å². The summed E-state index contributed by atoms with van der Waals surface area (Å²) >= 11 is 0. The van der Waals surface area contributed by atoms with Gasteiger partial charge in [0.05, 0.1) is 12.5 Å². The molecular formula is C17H22O3. The molecule has 1 aliphatic rings. The van der Waals surface area contributed by atoms with Crippen LogP contribution in [-0.4, -0.2) is 22.3 Å². The summed E-state index contributed by atoms with van der Waals surface area (Å²) in [7, 11) is 0. The van der Waals surface area contributed by atoms with Gasteiger partial charge in [-0.3, -0.25) is 4.79 Å². The average molecular weight is 274 g/mol. The molecule has 0 heterocycles. The number of carbonyl (C=O) groups is 1. The largest absolute Gasteiger partial charge is 0.481 e. The van der Waals surface area contributed by atoms with Gasteiger partial charge in [-0.1, -0.05) is 36.8 Å². The third-order valence-corrected chi connectivity index (χ3v) is 3.75. The van der Waals surface area contributed by atoms with E-state index >= 15 is 0 Å². The summed E-state index contributed by atoms with van der Waals surface area (Å²) in [6.45, 7) is 0. The maximum Gasteiger partial charge on any atom is 0.305 e. The Bertz CT molecular complexity index is 474. The molecular weight excluding hydrogens is 252 g/mol. The fourth-order valence-corrected chi connectivity index (χ4v) is 2.68. The molecule has 0 bridgehead atoms. The van der Waals surface area contributed by atoms with E-state index in [0.29, 0.717) is 6.42 Å². The molecule has 1 aromatic carbocycles. The van der Waals surface area contributed by atoms with Crippen LogP contribution < -0.4 is 0 Å². The van der Waals surface area contributed by atoms with Gasteiger partial charge in [-0.25, -0.2) is 0 Å². The van der Waals surface area contributed by atoms with E-state index < -0.39 is 12.1 Å². The lowest BCUT2D eigenvalue weighted by Gasteiger charge is -2.10. The van der Waals surface area contributed by atoms with E-state index in [4.69, 9.17) is 5.11 Å². The summed E-state index contributed by atoms with van der Waals surface area (Å²) in [4.78, 5) is 10.5. The van der Waals surface area contributed by atoms with Gasteiger partial charge in [-0.15, -0.1) is 0 Å². The van der Waals surface area contributed by atoms with E-state index in [2.05, 4.69) is 18.2 Å². The molecule has 3 nitrogen and oxygen atoms in total. The normalized spacial score (nSPS) is 17.1. The number of aliphatic carboxylic acids is 1. The Kier molecular flexibility index (Phi) is 5.36. The lowest BCUT2D eigenvalue weighted by molar-refractivity contribution is -0.139. The van der Waals surface area contributed by atoms with Crippen molar-refractivity contribution in [1.29, 1.82) is 0 Å². The van der Waals surface area contributed by atoms with Crippen molar-refractivity contribution in [2.24, 2.45) is 0 Å². The maximum absolute atomic E-state index is 10.5. The highest BCUT2D eigenvalue weighted by Crippen LogP contribution is 2.26. The predicted molar refractivity (Wildman–Crippen MR) is 79.5 cm³/mol. The van der Waals surface area contributed by atoms with Crippen LogP contribution in [0, 0.1) is 0 Å². The first-order chi connectivity index (χ1) is 9.65. The van der Waals surface area contributed by atoms with Crippen molar-refractivity contribution in [2.75, 3.05) is 0 Å². The van der Waals surface area contributed by atoms with E-state index in [1.165, 1.54) is 30.4 Å². The summed E-state index contributed by atoms with van der Waals surface area (Å²) in [6, 6.07) is 8.15. The molecule has 0 aromatic heterocycles. The van der Waals surface area contributed by atoms with Crippen LogP contribution in [-0.2, 0) is 11.2 Å². The first-order valence-corrected chi connectivity index (χ1v) is 7.33. The zero-order valence-electron chi connectivity index (χ0n) is 11.7. The second-order valence-corrected chi connectivity index (χ2v) is 5.48. The second kappa shape index (κ2) is 7.25. The summed E-state index contributed by atoms with van der Waals surface area (Å²) in [5.74, 6) is -0.960. The fraction of sp³-hybridized carbons (Fsp3) is 0.471. The molecule has 0 spiro atoms. The van der Waals surface area contributed by atoms with Gasteiger partial charge in [0.15, 0.2) is 0 Å². The quantitative estimate of drug-likeness (QED) is 0.865. The lowest BCUT2D eigenvalue weighted by Crippen LogP contribution is -2.15. The number of aliphatic hydroxyl groups is 1. The number of carboxylic acids is 1. The molecule has 20 heavy (non-hydrogen) atoms. The zero-order chi connectivity index (χ0) is 14.4. The van der Waals surface area contributed by atoms with Gasteiger partial charge in [0.2, 0.25) is 0 Å². The van der Waals surface area contributed by atoms with Crippen LogP contribution >= 0.6 is 0 Å². The number of allylic oxidation sites excluding steroid dienone is 2. The summed E-state index contributed by atoms with van der Waals surface area (Å²) in [5, 5.41) is 18.3. The number of benzene rings is 1. The second-order valence-electron chi connectivity index (χ2n) is 5.48. The Balaban J connectivity index is 1.98. The van der Waals surface area contributed by atoms with Crippen molar-refractivity contribution < 1.29 is 15.0 Å². The monoisotopic (exact) mass is 274 g/mol. The molecule has 2 rings (SSSR count). The van der Waals surface area contributed by atoms with Crippen molar-refractivity contribution in [2.45, 2.75) is 51.0 Å². The Morgan fingerprint density at radius 3 is 2.60 bits per heavy atom. The number of aliphatic hydroxyl groups excluding tert-OH is 1. The molecule has 1 atom stereocenters. The molecule has 2 N–H and O–H groups in total. The van der Waals surface area contributed by atoms with E-state index in [0.717, 1.165) is 18.4 Å². The minimum atomic E-state index is -0.960. The molecule has 1 aliphatic carbocycles. The smallest absolute Gasteiger partial charge is 0.305 e. The van der Waals surface area contributed by atoms with Crippen molar-refractivity contribution in [3.05, 3.63) is 41.5 Å². The van der Waals surface area contributed by atoms with Crippen LogP contribution in [0.15, 0.2) is 30.3 Å². The molecule has 0 fully saturated rings. The first kappa shape index (κ1) is 14.8. The molecule has 0 radical (unpaired) electrons. The van der Waals surface area contributed by atoms with Gasteiger partial charge >= 0.3 is 5.97 Å². The summed E-state index contributed by atoms with van der Waals surface area (Å²) < 4.78 is 0. The average Bonchev–Trinajstić information content (AvgIpc) is 2.67. The number of hydrogen-bond acceptors (Lipinski definition) is 2. The van der Waals surface area contributed by atoms with Crippen molar-refractivity contribution >= 4 is 11.5 Å². The van der Waals surface area contributed by atoms with Crippen LogP contribution in [0.4, 0.5) is 0 Å². The summed E-state index contributed by atoms with van der Waals surface area (Å²) in [5.41, 5.74) is 3.65. The van der Waals surface area contributed by atoms with E-state index in [-0.39, 0.29) is 6.42 Å². The molecule has 0 saturated heterocycles. The van der Waals surface area contributed by atoms with Crippen LogP contribution in [0.2, 0.25) is 0 Å². The number of hydrogen-bond donors (Lipinski definition) is 2. The highest BCUT2D eigenvalue weighted by atomic mass is 16.4. The van der Waals surface area contributed by atoms with Gasteiger partial charge in [-0.05, 0) is 48.8 Å². The third kappa shape index (κ3) is 4.49. The van der Waals surface area contributed by atoms with Gasteiger partial charge in [0, 0.05) is 0 Å².